The number of phosphoric ester groups is 1. The van der Waals surface area contributed by atoms with E-state index in [0.717, 1.165) is 45.4 Å². The molecule has 0 saturated carbocycles. The summed E-state index contributed by atoms with van der Waals surface area (Å²) in [7, 11) is -5.11. The van der Waals surface area contributed by atoms with Crippen molar-refractivity contribution in [3.05, 3.63) is 54.1 Å². The van der Waals surface area contributed by atoms with Gasteiger partial charge in [0.05, 0.1) is 19.0 Å². The number of unbranched alkanes of at least 4 members (excludes halogenated alkanes) is 4. The van der Waals surface area contributed by atoms with E-state index in [-0.39, 0.29) is 24.7 Å². The number of carbonyl (C=O) groups excluding carboxylic acids is 6. The maximum Gasteiger partial charge on any atom is 0.469 e. The molecule has 0 radical (unpaired) electrons. The van der Waals surface area contributed by atoms with E-state index in [2.05, 4.69) is 42.9 Å². The number of nitrogens with zero attached hydrogens (tertiary/aromatic N) is 3. The Morgan fingerprint density at radius 1 is 0.898 bits per heavy atom. The van der Waals surface area contributed by atoms with Gasteiger partial charge in [0.2, 0.25) is 35.4 Å². The van der Waals surface area contributed by atoms with Gasteiger partial charge in [0.1, 0.15) is 30.2 Å². The number of likely N-dealkylation sites (tertiary alicyclic amines) is 1. The van der Waals surface area contributed by atoms with E-state index < -0.39 is 80.3 Å². The Morgan fingerprint density at radius 2 is 1.53 bits per heavy atom. The molecule has 1 aliphatic heterocycles. The van der Waals surface area contributed by atoms with Gasteiger partial charge in [-0.1, -0.05) is 63.4 Å². The molecule has 6 atom stereocenters. The first-order valence-corrected chi connectivity index (χ1v) is 21.6. The van der Waals surface area contributed by atoms with Gasteiger partial charge >= 0.3 is 7.82 Å². The summed E-state index contributed by atoms with van der Waals surface area (Å²) in [5, 5.41) is 20.1. The van der Waals surface area contributed by atoms with Crippen LogP contribution in [0.3, 0.4) is 0 Å². The second-order valence-corrected chi connectivity index (χ2v) is 16.5. The van der Waals surface area contributed by atoms with Crippen LogP contribution in [0.15, 0.2) is 42.9 Å². The summed E-state index contributed by atoms with van der Waals surface area (Å²) >= 11 is 0. The molecule has 6 amide bonds. The Kier molecular flexibility index (Phi) is 19.6. The van der Waals surface area contributed by atoms with Crippen molar-refractivity contribution >= 4 is 43.3 Å². The van der Waals surface area contributed by atoms with Crippen LogP contribution in [-0.4, -0.2) is 114 Å². The van der Waals surface area contributed by atoms with Crippen LogP contribution in [0.2, 0.25) is 0 Å². The molecule has 0 bridgehead atoms. The smallest absolute Gasteiger partial charge is 0.394 e. The fraction of sp³-hybridized carbons (Fsp3) is 0.615. The maximum atomic E-state index is 14.0. The van der Waals surface area contributed by atoms with Crippen LogP contribution in [0.1, 0.15) is 90.3 Å². The van der Waals surface area contributed by atoms with Crippen LogP contribution in [0.5, 0.6) is 0 Å². The van der Waals surface area contributed by atoms with Gasteiger partial charge in [0.25, 0.3) is 0 Å². The minimum Gasteiger partial charge on any atom is -0.394 e. The van der Waals surface area contributed by atoms with Crippen LogP contribution in [0.4, 0.5) is 0 Å². The number of aliphatic hydroxyl groups excluding tert-OH is 1. The van der Waals surface area contributed by atoms with Crippen molar-refractivity contribution in [2.45, 2.75) is 135 Å². The van der Waals surface area contributed by atoms with E-state index in [1.165, 1.54) is 17.4 Å². The van der Waals surface area contributed by atoms with E-state index in [9.17, 15) is 48.2 Å². The number of aryl methyl sites for hydroxylation is 2. The summed E-state index contributed by atoms with van der Waals surface area (Å²) in [6, 6.07) is 3.55. The van der Waals surface area contributed by atoms with Crippen molar-refractivity contribution in [1.29, 1.82) is 0 Å². The van der Waals surface area contributed by atoms with E-state index in [0.29, 0.717) is 31.6 Å². The van der Waals surface area contributed by atoms with Crippen molar-refractivity contribution in [2.24, 2.45) is 11.7 Å². The van der Waals surface area contributed by atoms with Crippen molar-refractivity contribution in [2.75, 3.05) is 13.2 Å². The summed E-state index contributed by atoms with van der Waals surface area (Å²) < 4.78 is 17.7. The number of hydrogen-bond donors (Lipinski definition) is 8. The Balaban J connectivity index is 1.78. The van der Waals surface area contributed by atoms with Gasteiger partial charge in [-0.25, -0.2) is 9.55 Å². The summed E-state index contributed by atoms with van der Waals surface area (Å²) in [5.41, 5.74) is 7.22. The number of nitrogens with two attached hydrogens (primary N) is 1. The van der Waals surface area contributed by atoms with E-state index in [1.807, 2.05) is 36.6 Å². The molecule has 20 heteroatoms. The molecule has 2 aromatic rings. The van der Waals surface area contributed by atoms with Gasteiger partial charge in [-0.3, -0.25) is 33.3 Å². The molecule has 1 fully saturated rings. The average molecular weight is 849 g/mol. The monoisotopic (exact) mass is 848 g/mol. The van der Waals surface area contributed by atoms with Gasteiger partial charge in [-0.05, 0) is 56.9 Å². The number of carbonyl (C=O) groups is 6. The Hall–Kier alpha value is -4.68. The number of rotatable bonds is 25. The number of phosphoric acid groups is 1. The highest BCUT2D eigenvalue weighted by atomic mass is 31.2. The summed E-state index contributed by atoms with van der Waals surface area (Å²) in [4.78, 5) is 103. The van der Waals surface area contributed by atoms with E-state index in [1.54, 1.807) is 12.5 Å². The lowest BCUT2D eigenvalue weighted by Gasteiger charge is -2.28. The zero-order chi connectivity index (χ0) is 43.7. The zero-order valence-electron chi connectivity index (χ0n) is 34.2. The third-order valence-corrected chi connectivity index (χ3v) is 10.7. The van der Waals surface area contributed by atoms with E-state index in [4.69, 9.17) is 5.73 Å². The van der Waals surface area contributed by atoms with Crippen LogP contribution in [0.25, 0.3) is 0 Å². The lowest BCUT2D eigenvalue weighted by molar-refractivity contribution is -0.139. The lowest BCUT2D eigenvalue weighted by Crippen LogP contribution is -2.61. The molecule has 2 heterocycles. The molecule has 1 aliphatic rings. The average Bonchev–Trinajstić information content (AvgIpc) is 3.84. The molecule has 3 rings (SSSR count). The molecular formula is C39H61N8O11P. The molecular weight excluding hydrogens is 787 g/mol. The zero-order valence-corrected chi connectivity index (χ0v) is 35.1. The highest BCUT2D eigenvalue weighted by Gasteiger charge is 2.37. The lowest BCUT2D eigenvalue weighted by atomic mass is 10.0. The third-order valence-electron chi connectivity index (χ3n) is 10.0. The second kappa shape index (κ2) is 23.8. The van der Waals surface area contributed by atoms with Gasteiger partial charge < -0.3 is 51.4 Å². The Morgan fingerprint density at radius 3 is 2.15 bits per heavy atom. The minimum absolute atomic E-state index is 0.0804. The first-order valence-electron chi connectivity index (χ1n) is 20.1. The van der Waals surface area contributed by atoms with Crippen LogP contribution < -0.4 is 27.0 Å². The minimum atomic E-state index is -5.11. The van der Waals surface area contributed by atoms with Crippen LogP contribution >= 0.6 is 7.82 Å². The van der Waals surface area contributed by atoms with Crippen molar-refractivity contribution < 1.29 is 52.7 Å². The molecule has 328 valence electrons. The topological polar surface area (TPSA) is 285 Å². The highest BCUT2D eigenvalue weighted by molar-refractivity contribution is 7.46. The van der Waals surface area contributed by atoms with Gasteiger partial charge in [-0.2, -0.15) is 0 Å². The second-order valence-electron chi connectivity index (χ2n) is 15.3. The van der Waals surface area contributed by atoms with Gasteiger partial charge in [0, 0.05) is 38.3 Å². The number of hydrogen-bond acceptors (Lipinski definition) is 10. The number of aliphatic hydroxyl groups is 1. The summed E-state index contributed by atoms with van der Waals surface area (Å²) in [6.45, 7) is 6.15. The molecule has 0 aliphatic carbocycles. The van der Waals surface area contributed by atoms with Gasteiger partial charge in [0.15, 0.2) is 0 Å². The van der Waals surface area contributed by atoms with E-state index >= 15 is 0 Å². The predicted octanol–water partition coefficient (Wildman–Crippen LogP) is 0.590. The predicted molar refractivity (Wildman–Crippen MR) is 216 cm³/mol. The first-order chi connectivity index (χ1) is 27.9. The third kappa shape index (κ3) is 16.5. The molecule has 0 spiro atoms. The summed E-state index contributed by atoms with van der Waals surface area (Å²) in [6.07, 6.45) is 8.61. The fourth-order valence-electron chi connectivity index (χ4n) is 7.00. The standard InChI is InChI=1S/C39H61N8O11P/c1-25(2)20-30(43-39(54)33-17-13-19-47(33)27(4)49)36(51)42-31(37(52)44-32(23-48)38(53)45-34(35(40)50)26(3)58-59(55,56)57)21-29-22-41-24-46(29)18-12-7-5-6-9-14-28-15-10-8-11-16-28/h8,10-11,15-16,22,24-26,30-34,48H,5-7,9,12-14,17-21,23H2,1-4H3,(H2,40,50)(H,42,51)(H,43,54)(H,44,52)(H,45,53)(H2,55,56,57). The Labute approximate surface area is 344 Å². The maximum absolute atomic E-state index is 14.0. The Bertz CT molecular complexity index is 1750. The van der Waals surface area contributed by atoms with Crippen molar-refractivity contribution in [3.8, 4) is 0 Å². The van der Waals surface area contributed by atoms with Crippen LogP contribution in [-0.2, 0) is 57.2 Å². The highest BCUT2D eigenvalue weighted by Crippen LogP contribution is 2.38. The molecule has 1 aromatic heterocycles. The molecule has 1 aromatic carbocycles. The quantitative estimate of drug-likeness (QED) is 0.0504. The molecule has 6 unspecified atom stereocenters. The number of benzene rings is 1. The summed E-state index contributed by atoms with van der Waals surface area (Å²) in [5.74, 6) is -4.82. The molecule has 9 N–H and O–H groups in total. The SMILES string of the molecule is CC(=O)N1CCCC1C(=O)NC(CC(C)C)C(=O)NC(Cc1cncn1CCCCCCCc1ccccc1)C(=O)NC(CO)C(=O)NC(C(N)=O)C(C)OP(=O)(O)O. The largest absolute Gasteiger partial charge is 0.469 e. The van der Waals surface area contributed by atoms with Crippen molar-refractivity contribution in [1.82, 2.24) is 35.7 Å². The number of aromatic nitrogens is 2. The van der Waals surface area contributed by atoms with Crippen molar-refractivity contribution in [3.63, 3.8) is 0 Å². The van der Waals surface area contributed by atoms with Crippen LogP contribution in [0, 0.1) is 5.92 Å². The van der Waals surface area contributed by atoms with Gasteiger partial charge in [-0.15, -0.1) is 0 Å². The number of imidazole rings is 1. The molecule has 1 saturated heterocycles. The normalized spacial score (nSPS) is 16.7. The number of amides is 6. The molecule has 59 heavy (non-hydrogen) atoms. The first kappa shape index (κ1) is 48.7. The number of nitrogens with one attached hydrogen (secondary N) is 4. The fourth-order valence-corrected chi connectivity index (χ4v) is 7.56. The number of primary amides is 1. The molecule has 19 nitrogen and oxygen atoms in total.